The van der Waals surface area contributed by atoms with Gasteiger partial charge in [0.2, 0.25) is 0 Å². The molecule has 1 heterocycles. The highest BCUT2D eigenvalue weighted by molar-refractivity contribution is 6.33. The summed E-state index contributed by atoms with van der Waals surface area (Å²) in [5, 5.41) is 4.45. The van der Waals surface area contributed by atoms with Crippen molar-refractivity contribution in [3.05, 3.63) is 64.7 Å². The summed E-state index contributed by atoms with van der Waals surface area (Å²) in [4.78, 5) is 23.7. The normalized spacial score (nSPS) is 10.6. The first-order valence-electron chi connectivity index (χ1n) is 7.93. The van der Waals surface area contributed by atoms with Gasteiger partial charge in [-0.3, -0.25) is 9.59 Å². The lowest BCUT2D eigenvalue weighted by atomic mass is 9.99. The van der Waals surface area contributed by atoms with E-state index in [1.54, 1.807) is 18.2 Å². The molecule has 0 bridgehead atoms. The maximum Gasteiger partial charge on any atom is 0.309 e. The molecular weight excluding hydrogens is 354 g/mol. The minimum atomic E-state index is -0.357. The van der Waals surface area contributed by atoms with E-state index in [2.05, 4.69) is 9.89 Å². The first-order valence-corrected chi connectivity index (χ1v) is 8.30. The zero-order chi connectivity index (χ0) is 18.7. The van der Waals surface area contributed by atoms with Crippen LogP contribution in [0.25, 0.3) is 22.6 Å². The molecule has 1 aromatic heterocycles. The van der Waals surface area contributed by atoms with E-state index in [-0.39, 0.29) is 18.2 Å². The number of halogens is 1. The van der Waals surface area contributed by atoms with Gasteiger partial charge >= 0.3 is 5.97 Å². The Morgan fingerprint density at radius 1 is 1.15 bits per heavy atom. The summed E-state index contributed by atoms with van der Waals surface area (Å²) in [6.45, 7) is 1.46. The molecule has 0 unspecified atom stereocenters. The summed E-state index contributed by atoms with van der Waals surface area (Å²) < 4.78 is 10.1. The number of nitrogens with zero attached hydrogens (tertiary/aromatic N) is 1. The van der Waals surface area contributed by atoms with Gasteiger partial charge in [-0.05, 0) is 24.6 Å². The number of Topliss-reactive ketones (excluding diaryl/α,β-unsaturated/α-hetero) is 1. The molecule has 3 aromatic rings. The average Bonchev–Trinajstić information content (AvgIpc) is 3.07. The summed E-state index contributed by atoms with van der Waals surface area (Å²) in [6, 6.07) is 14.4. The molecule has 5 nitrogen and oxygen atoms in total. The van der Waals surface area contributed by atoms with Crippen LogP contribution in [0.1, 0.15) is 22.8 Å². The second-order valence-corrected chi connectivity index (χ2v) is 6.13. The number of hydrogen-bond donors (Lipinski definition) is 0. The zero-order valence-electron chi connectivity index (χ0n) is 14.3. The molecule has 0 radical (unpaired) electrons. The van der Waals surface area contributed by atoms with Crippen LogP contribution >= 0.6 is 11.6 Å². The largest absolute Gasteiger partial charge is 0.469 e. The first kappa shape index (κ1) is 17.9. The van der Waals surface area contributed by atoms with Crippen LogP contribution in [0.4, 0.5) is 0 Å². The van der Waals surface area contributed by atoms with E-state index in [4.69, 9.17) is 16.1 Å². The number of methoxy groups -OCH3 is 1. The maximum atomic E-state index is 12.3. The summed E-state index contributed by atoms with van der Waals surface area (Å²) in [5.74, 6) is -0.218. The second kappa shape index (κ2) is 7.54. The third-order valence-corrected chi connectivity index (χ3v) is 4.26. The Morgan fingerprint density at radius 2 is 1.88 bits per heavy atom. The van der Waals surface area contributed by atoms with Crippen LogP contribution < -0.4 is 0 Å². The molecule has 3 rings (SSSR count). The maximum absolute atomic E-state index is 12.3. The Morgan fingerprint density at radius 3 is 2.50 bits per heavy atom. The van der Waals surface area contributed by atoms with Crippen molar-refractivity contribution in [3.8, 4) is 22.6 Å². The number of benzene rings is 2. The fourth-order valence-electron chi connectivity index (χ4n) is 2.69. The van der Waals surface area contributed by atoms with Gasteiger partial charge in [-0.2, -0.15) is 0 Å². The SMILES string of the molecule is COC(=O)Cc1ccc(-c2onc(-c3ccccc3)c2C(C)=O)c(Cl)c1. The molecule has 0 saturated heterocycles. The molecule has 0 saturated carbocycles. The van der Waals surface area contributed by atoms with E-state index in [1.165, 1.54) is 14.0 Å². The smallest absolute Gasteiger partial charge is 0.309 e. The van der Waals surface area contributed by atoms with E-state index >= 15 is 0 Å². The van der Waals surface area contributed by atoms with Gasteiger partial charge in [0.25, 0.3) is 0 Å². The molecule has 0 amide bonds. The molecule has 0 aliphatic rings. The Hall–Kier alpha value is -2.92. The molecule has 0 fully saturated rings. The van der Waals surface area contributed by atoms with Crippen LogP contribution in [0.15, 0.2) is 53.1 Å². The van der Waals surface area contributed by atoms with Gasteiger partial charge in [0, 0.05) is 11.1 Å². The van der Waals surface area contributed by atoms with Gasteiger partial charge in [0.15, 0.2) is 11.5 Å². The van der Waals surface area contributed by atoms with E-state index in [1.807, 2.05) is 30.3 Å². The quantitative estimate of drug-likeness (QED) is 0.486. The fraction of sp³-hybridized carbons (Fsp3) is 0.150. The number of ketones is 1. The predicted molar refractivity (Wildman–Crippen MR) is 98.1 cm³/mol. The zero-order valence-corrected chi connectivity index (χ0v) is 15.0. The Labute approximate surface area is 155 Å². The standard InChI is InChI=1S/C20H16ClNO4/c1-12(23)18-19(14-6-4-3-5-7-14)22-26-20(18)15-9-8-13(10-16(15)21)11-17(24)25-2/h3-10H,11H2,1-2H3. The molecule has 0 atom stereocenters. The van der Waals surface area contributed by atoms with Crippen LogP contribution in [-0.2, 0) is 16.0 Å². The van der Waals surface area contributed by atoms with Crippen LogP contribution in [-0.4, -0.2) is 24.0 Å². The van der Waals surface area contributed by atoms with Gasteiger partial charge in [-0.25, -0.2) is 0 Å². The highest BCUT2D eigenvalue weighted by atomic mass is 35.5. The fourth-order valence-corrected chi connectivity index (χ4v) is 2.97. The van der Waals surface area contributed by atoms with Gasteiger partial charge in [0.05, 0.1) is 24.1 Å². The lowest BCUT2D eigenvalue weighted by Gasteiger charge is -2.06. The Bertz CT molecular complexity index is 963. The number of ether oxygens (including phenoxy) is 1. The molecule has 0 N–H and O–H groups in total. The van der Waals surface area contributed by atoms with Crippen molar-refractivity contribution < 1.29 is 18.8 Å². The lowest BCUT2D eigenvalue weighted by molar-refractivity contribution is -0.139. The number of rotatable bonds is 5. The van der Waals surface area contributed by atoms with E-state index in [0.717, 1.165) is 5.56 Å². The second-order valence-electron chi connectivity index (χ2n) is 5.72. The first-order chi connectivity index (χ1) is 12.5. The number of hydrogen-bond acceptors (Lipinski definition) is 5. The van der Waals surface area contributed by atoms with Crippen molar-refractivity contribution in [1.29, 1.82) is 0 Å². The van der Waals surface area contributed by atoms with Gasteiger partial charge in [0.1, 0.15) is 5.69 Å². The van der Waals surface area contributed by atoms with Crippen LogP contribution in [0, 0.1) is 0 Å². The number of aromatic nitrogens is 1. The molecular formula is C20H16ClNO4. The highest BCUT2D eigenvalue weighted by Crippen LogP contribution is 2.36. The van der Waals surface area contributed by atoms with Crippen molar-refractivity contribution in [3.63, 3.8) is 0 Å². The van der Waals surface area contributed by atoms with Crippen molar-refractivity contribution in [2.45, 2.75) is 13.3 Å². The number of esters is 1. The molecule has 6 heteroatoms. The summed E-state index contributed by atoms with van der Waals surface area (Å²) in [5.41, 5.74) is 2.88. The van der Waals surface area contributed by atoms with Crippen LogP contribution in [0.3, 0.4) is 0 Å². The van der Waals surface area contributed by atoms with E-state index in [9.17, 15) is 9.59 Å². The third kappa shape index (κ3) is 3.53. The molecule has 0 spiro atoms. The molecule has 132 valence electrons. The van der Waals surface area contributed by atoms with Gasteiger partial charge in [-0.1, -0.05) is 53.2 Å². The molecule has 26 heavy (non-hydrogen) atoms. The molecule has 2 aromatic carbocycles. The van der Waals surface area contributed by atoms with Crippen molar-refractivity contribution in [1.82, 2.24) is 5.16 Å². The number of carbonyl (C=O) groups is 2. The van der Waals surface area contributed by atoms with Gasteiger partial charge in [-0.15, -0.1) is 0 Å². The van der Waals surface area contributed by atoms with E-state index < -0.39 is 0 Å². The minimum Gasteiger partial charge on any atom is -0.469 e. The lowest BCUT2D eigenvalue weighted by Crippen LogP contribution is -2.04. The topological polar surface area (TPSA) is 69.4 Å². The Balaban J connectivity index is 2.06. The molecule has 0 aliphatic carbocycles. The summed E-state index contributed by atoms with van der Waals surface area (Å²) in [7, 11) is 1.33. The number of carbonyl (C=O) groups excluding carboxylic acids is 2. The molecule has 0 aliphatic heterocycles. The van der Waals surface area contributed by atoms with Crippen molar-refractivity contribution in [2.24, 2.45) is 0 Å². The monoisotopic (exact) mass is 369 g/mol. The summed E-state index contributed by atoms with van der Waals surface area (Å²) >= 11 is 6.37. The third-order valence-electron chi connectivity index (χ3n) is 3.95. The van der Waals surface area contributed by atoms with Crippen molar-refractivity contribution in [2.75, 3.05) is 7.11 Å². The van der Waals surface area contributed by atoms with Crippen molar-refractivity contribution >= 4 is 23.4 Å². The average molecular weight is 370 g/mol. The van der Waals surface area contributed by atoms with Crippen LogP contribution in [0.2, 0.25) is 5.02 Å². The Kier molecular flexibility index (Phi) is 5.19. The van der Waals surface area contributed by atoms with E-state index in [0.29, 0.717) is 33.2 Å². The van der Waals surface area contributed by atoms with Crippen LogP contribution in [0.5, 0.6) is 0 Å². The highest BCUT2D eigenvalue weighted by Gasteiger charge is 2.24. The van der Waals surface area contributed by atoms with Gasteiger partial charge < -0.3 is 9.26 Å². The minimum absolute atomic E-state index is 0.113. The predicted octanol–water partition coefficient (Wildman–Crippen LogP) is 4.58. The summed E-state index contributed by atoms with van der Waals surface area (Å²) in [6.07, 6.45) is 0.113.